The van der Waals surface area contributed by atoms with Crippen LogP contribution in [0.1, 0.15) is 20.8 Å². The first-order chi connectivity index (χ1) is 6.28. The van der Waals surface area contributed by atoms with E-state index in [0.717, 1.165) is 3.93 Å². The molecule has 2 heteroatoms. The monoisotopic (exact) mass is 334 g/mol. The van der Waals surface area contributed by atoms with E-state index in [1.165, 1.54) is 0 Å². The Morgan fingerprint density at radius 2 is 1.40 bits per heavy atom. The van der Waals surface area contributed by atoms with E-state index in [9.17, 15) is 0 Å². The molecule has 0 amide bonds. The summed E-state index contributed by atoms with van der Waals surface area (Å²) >= 11 is -1.91. The van der Waals surface area contributed by atoms with Gasteiger partial charge in [0.1, 0.15) is 0 Å². The van der Waals surface area contributed by atoms with Crippen molar-refractivity contribution in [2.24, 2.45) is 5.41 Å². The van der Waals surface area contributed by atoms with Gasteiger partial charge in [-0.25, -0.2) is 0 Å². The van der Waals surface area contributed by atoms with E-state index in [1.807, 2.05) is 0 Å². The second kappa shape index (κ2) is 4.56. The van der Waals surface area contributed by atoms with Gasteiger partial charge in [-0.15, -0.1) is 0 Å². The van der Waals surface area contributed by atoms with E-state index in [-0.39, 0.29) is 0 Å². The van der Waals surface area contributed by atoms with Gasteiger partial charge in [0, 0.05) is 0 Å². The summed E-state index contributed by atoms with van der Waals surface area (Å²) in [7, 11) is -1.19. The fourth-order valence-corrected chi connectivity index (χ4v) is 21.1. The van der Waals surface area contributed by atoms with Gasteiger partial charge < -0.3 is 0 Å². The molecule has 0 nitrogen and oxygen atoms in total. The fraction of sp³-hybridized carbons (Fsp3) is 0.846. The Morgan fingerprint density at radius 3 is 1.47 bits per heavy atom. The molecular formula is C13H30SiSn. The third-order valence-corrected chi connectivity index (χ3v) is 14.5. The molecule has 0 N–H and O–H groups in total. The first kappa shape index (κ1) is 15.8. The molecule has 0 fully saturated rings. The molecule has 0 saturated carbocycles. The SMILES string of the molecule is C=C([CH](C(C)(C)C)[Sn]([CH3])([CH3])[CH3])[Si](C)(C)C. The second-order valence-electron chi connectivity index (χ2n) is 7.94. The summed E-state index contributed by atoms with van der Waals surface area (Å²) in [6.07, 6.45) is 0. The summed E-state index contributed by atoms with van der Waals surface area (Å²) < 4.78 is 0.818. The van der Waals surface area contributed by atoms with Gasteiger partial charge in [0.25, 0.3) is 0 Å². The number of hydrogen-bond donors (Lipinski definition) is 0. The van der Waals surface area contributed by atoms with Crippen molar-refractivity contribution in [3.63, 3.8) is 0 Å². The molecule has 0 aliphatic heterocycles. The zero-order valence-corrected chi connectivity index (χ0v) is 16.1. The molecule has 15 heavy (non-hydrogen) atoms. The Morgan fingerprint density at radius 1 is 1.07 bits per heavy atom. The maximum atomic E-state index is 4.47. The van der Waals surface area contributed by atoms with E-state index in [1.54, 1.807) is 5.20 Å². The Hall–Kier alpha value is 0.756. The van der Waals surface area contributed by atoms with Crippen LogP contribution in [0.3, 0.4) is 0 Å². The van der Waals surface area contributed by atoms with Crippen LogP contribution >= 0.6 is 0 Å². The summed E-state index contributed by atoms with van der Waals surface area (Å²) in [5.41, 5.74) is 0.408. The van der Waals surface area contributed by atoms with Crippen molar-refractivity contribution < 1.29 is 0 Å². The molecule has 0 aromatic rings. The summed E-state index contributed by atoms with van der Waals surface area (Å²) in [5.74, 6) is 0. The molecule has 0 bridgehead atoms. The van der Waals surface area contributed by atoms with Crippen LogP contribution in [0.4, 0.5) is 0 Å². The normalized spacial score (nSPS) is 16.3. The summed E-state index contributed by atoms with van der Waals surface area (Å²) in [6.45, 7) is 19.0. The number of rotatable bonds is 3. The van der Waals surface area contributed by atoms with Crippen LogP contribution in [0.5, 0.6) is 0 Å². The summed E-state index contributed by atoms with van der Waals surface area (Å²) in [6, 6.07) is 0. The molecule has 0 aliphatic carbocycles. The maximum absolute atomic E-state index is 4.47. The second-order valence-corrected chi connectivity index (χ2v) is 28.2. The van der Waals surface area contributed by atoms with E-state index in [2.05, 4.69) is 61.8 Å². The van der Waals surface area contributed by atoms with Crippen LogP contribution < -0.4 is 0 Å². The van der Waals surface area contributed by atoms with Gasteiger partial charge in [-0.2, -0.15) is 0 Å². The van der Waals surface area contributed by atoms with Crippen molar-refractivity contribution in [3.05, 3.63) is 11.8 Å². The van der Waals surface area contributed by atoms with Crippen LogP contribution in [0, 0.1) is 5.41 Å². The predicted molar refractivity (Wildman–Crippen MR) is 79.0 cm³/mol. The first-order valence-electron chi connectivity index (χ1n) is 5.97. The summed E-state index contributed by atoms with van der Waals surface area (Å²) in [5, 5.41) is 1.61. The Bertz CT molecular complexity index is 221. The van der Waals surface area contributed by atoms with Gasteiger partial charge in [-0.3, -0.25) is 0 Å². The standard InChI is InChI=1S/C10H21Si.3CH3.Sn/c1-9(11(5,6)7)8-10(2,3)4;;;;/h8H,1H2,2-7H3;3*1H3;. The molecule has 0 aromatic heterocycles. The average Bonchev–Trinajstić information content (AvgIpc) is 1.76. The minimum atomic E-state index is -1.91. The van der Waals surface area contributed by atoms with Crippen LogP contribution in [-0.2, 0) is 0 Å². The van der Waals surface area contributed by atoms with Crippen molar-refractivity contribution >= 4 is 26.5 Å². The Labute approximate surface area is 102 Å². The van der Waals surface area contributed by atoms with Gasteiger partial charge in [0.15, 0.2) is 0 Å². The van der Waals surface area contributed by atoms with E-state index < -0.39 is 26.5 Å². The molecule has 0 aromatic carbocycles. The third kappa shape index (κ3) is 4.64. The van der Waals surface area contributed by atoms with Gasteiger partial charge in [-0.05, 0) is 0 Å². The van der Waals surface area contributed by atoms with Gasteiger partial charge in [0.2, 0.25) is 0 Å². The molecule has 1 unspecified atom stereocenters. The zero-order chi connectivity index (χ0) is 12.7. The average molecular weight is 333 g/mol. The Balaban J connectivity index is 5.26. The zero-order valence-electron chi connectivity index (χ0n) is 12.3. The van der Waals surface area contributed by atoms with Crippen molar-refractivity contribution in [1.82, 2.24) is 0 Å². The molecule has 0 rings (SSSR count). The summed E-state index contributed by atoms with van der Waals surface area (Å²) in [4.78, 5) is 7.65. The molecule has 90 valence electrons. The van der Waals surface area contributed by atoms with Crippen molar-refractivity contribution in [2.45, 2.75) is 59.2 Å². The van der Waals surface area contributed by atoms with Gasteiger partial charge in [-0.1, -0.05) is 0 Å². The molecule has 0 heterocycles. The fourth-order valence-electron chi connectivity index (χ4n) is 2.78. The van der Waals surface area contributed by atoms with Crippen molar-refractivity contribution in [3.8, 4) is 0 Å². The third-order valence-electron chi connectivity index (χ3n) is 3.04. The number of hydrogen-bond acceptors (Lipinski definition) is 0. The van der Waals surface area contributed by atoms with E-state index in [4.69, 9.17) is 0 Å². The molecule has 0 saturated heterocycles. The predicted octanol–water partition coefficient (Wildman–Crippen LogP) is 5.17. The molecule has 0 aliphatic rings. The molecular weight excluding hydrogens is 303 g/mol. The van der Waals surface area contributed by atoms with Gasteiger partial charge in [0.05, 0.1) is 0 Å². The molecule has 0 spiro atoms. The molecule has 1 atom stereocenters. The van der Waals surface area contributed by atoms with Crippen molar-refractivity contribution in [1.29, 1.82) is 0 Å². The quantitative estimate of drug-likeness (QED) is 0.625. The van der Waals surface area contributed by atoms with E-state index in [0.29, 0.717) is 5.41 Å². The minimum absolute atomic E-state index is 0.408. The van der Waals surface area contributed by atoms with Crippen LogP contribution in [-0.4, -0.2) is 26.5 Å². The van der Waals surface area contributed by atoms with Gasteiger partial charge >= 0.3 is 103 Å². The van der Waals surface area contributed by atoms with Crippen molar-refractivity contribution in [2.75, 3.05) is 0 Å². The van der Waals surface area contributed by atoms with E-state index >= 15 is 0 Å². The first-order valence-corrected chi connectivity index (χ1v) is 19.7. The Kier molecular flexibility index (Phi) is 4.79. The van der Waals surface area contributed by atoms with Crippen LogP contribution in [0.15, 0.2) is 11.8 Å². The topological polar surface area (TPSA) is 0 Å². The molecule has 0 radical (unpaired) electrons. The van der Waals surface area contributed by atoms with Crippen LogP contribution in [0.2, 0.25) is 38.4 Å². The number of allylic oxidation sites excluding steroid dienone is 1. The van der Waals surface area contributed by atoms with Crippen LogP contribution in [0.25, 0.3) is 0 Å².